The van der Waals surface area contributed by atoms with Gasteiger partial charge in [-0.1, -0.05) is 52.0 Å². The maximum absolute atomic E-state index is 12.1. The Morgan fingerprint density at radius 1 is 1.20 bits per heavy atom. The van der Waals surface area contributed by atoms with Gasteiger partial charge in [-0.15, -0.1) is 0 Å². The molecule has 0 aromatic heterocycles. The first-order valence-electron chi connectivity index (χ1n) is 14.9. The van der Waals surface area contributed by atoms with Crippen molar-refractivity contribution in [2.75, 3.05) is 6.61 Å². The lowest BCUT2D eigenvalue weighted by molar-refractivity contribution is -0.159. The van der Waals surface area contributed by atoms with Crippen LogP contribution in [-0.2, 0) is 23.8 Å². The van der Waals surface area contributed by atoms with E-state index in [4.69, 9.17) is 14.2 Å². The number of carbonyl (C=O) groups is 2. The van der Waals surface area contributed by atoms with E-state index < -0.39 is 17.3 Å². The molecule has 7 heteroatoms. The van der Waals surface area contributed by atoms with Crippen molar-refractivity contribution in [2.24, 2.45) is 29.1 Å². The van der Waals surface area contributed by atoms with Crippen LogP contribution in [0.15, 0.2) is 35.5 Å². The van der Waals surface area contributed by atoms with Crippen LogP contribution in [0.1, 0.15) is 93.9 Å². The number of hydrogen-bond donors (Lipinski definition) is 2. The van der Waals surface area contributed by atoms with E-state index in [1.54, 1.807) is 0 Å². The van der Waals surface area contributed by atoms with Crippen LogP contribution >= 0.6 is 0 Å². The summed E-state index contributed by atoms with van der Waals surface area (Å²) >= 11 is 0. The zero-order valence-corrected chi connectivity index (χ0v) is 25.8. The van der Waals surface area contributed by atoms with Crippen LogP contribution in [0.2, 0.25) is 0 Å². The second-order valence-electron chi connectivity index (χ2n) is 14.7. The molecular weight excluding hydrogens is 508 g/mol. The van der Waals surface area contributed by atoms with Crippen molar-refractivity contribution in [1.82, 2.24) is 0 Å². The smallest absolute Gasteiger partial charge is 0.337 e. The monoisotopic (exact) mass is 558 g/mol. The molecule has 8 atom stereocenters. The summed E-state index contributed by atoms with van der Waals surface area (Å²) in [6.07, 6.45) is 4.53. The maximum Gasteiger partial charge on any atom is 0.337 e. The molecule has 3 saturated carbocycles. The van der Waals surface area contributed by atoms with E-state index in [0.717, 1.165) is 48.8 Å². The maximum atomic E-state index is 12.1. The van der Waals surface area contributed by atoms with Crippen molar-refractivity contribution in [3.05, 3.63) is 35.5 Å². The van der Waals surface area contributed by atoms with Gasteiger partial charge in [0.15, 0.2) is 5.60 Å². The highest BCUT2D eigenvalue weighted by atomic mass is 16.7. The summed E-state index contributed by atoms with van der Waals surface area (Å²) in [5.41, 5.74) is 1.88. The Hall–Kier alpha value is -1.96. The van der Waals surface area contributed by atoms with Crippen LogP contribution in [0.3, 0.4) is 0 Å². The van der Waals surface area contributed by atoms with Crippen LogP contribution in [0.5, 0.6) is 0 Å². The molecule has 7 nitrogen and oxygen atoms in total. The first kappa shape index (κ1) is 31.0. The first-order chi connectivity index (χ1) is 18.4. The average Bonchev–Trinajstić information content (AvgIpc) is 3.48. The van der Waals surface area contributed by atoms with Gasteiger partial charge in [0.1, 0.15) is 11.2 Å². The van der Waals surface area contributed by atoms with Crippen LogP contribution in [-0.4, -0.2) is 57.8 Å². The Labute approximate surface area is 240 Å². The topological polar surface area (TPSA) is 106 Å². The number of hydrogen-bond acceptors (Lipinski definition) is 7. The molecule has 4 fully saturated rings. The van der Waals surface area contributed by atoms with Gasteiger partial charge in [-0.25, -0.2) is 4.79 Å². The highest BCUT2D eigenvalue weighted by molar-refractivity contribution is 5.94. The molecule has 0 aromatic rings. The average molecular weight is 559 g/mol. The molecule has 5 aliphatic rings. The van der Waals surface area contributed by atoms with Crippen molar-refractivity contribution in [2.45, 2.75) is 123 Å². The SMILES string of the molecule is C=C(C)C(O)[C@H]1C(=C)[C@H](CC(=O)OC(C)(C)C)CC[C@@H]1C.C[C@H]1CCC2=C(CO)C(=O)O[C@]23CC(C)(C)[C@@H]2O[C@@]123. The minimum Gasteiger partial charge on any atom is -0.460 e. The van der Waals surface area contributed by atoms with Gasteiger partial charge in [0.2, 0.25) is 0 Å². The Bertz CT molecular complexity index is 1110. The molecule has 0 radical (unpaired) electrons. The Kier molecular flexibility index (Phi) is 8.05. The third-order valence-corrected chi connectivity index (χ3v) is 9.99. The third kappa shape index (κ3) is 5.00. The van der Waals surface area contributed by atoms with E-state index in [1.165, 1.54) is 0 Å². The number of rotatable bonds is 5. The van der Waals surface area contributed by atoms with Gasteiger partial charge in [0.05, 0.1) is 30.8 Å². The Morgan fingerprint density at radius 3 is 2.40 bits per heavy atom. The molecule has 2 heterocycles. The van der Waals surface area contributed by atoms with Gasteiger partial charge in [0, 0.05) is 12.3 Å². The highest BCUT2D eigenvalue weighted by Gasteiger charge is 2.85. The fourth-order valence-corrected chi connectivity index (χ4v) is 8.15. The number of aliphatic hydroxyl groups is 2. The lowest BCUT2D eigenvalue weighted by Gasteiger charge is -2.42. The van der Waals surface area contributed by atoms with Crippen molar-refractivity contribution < 1.29 is 34.0 Å². The number of carbonyl (C=O) groups excluding carboxylic acids is 2. The first-order valence-corrected chi connectivity index (χ1v) is 14.9. The molecule has 0 aromatic carbocycles. The second-order valence-corrected chi connectivity index (χ2v) is 14.7. The van der Waals surface area contributed by atoms with E-state index in [2.05, 4.69) is 40.9 Å². The summed E-state index contributed by atoms with van der Waals surface area (Å²) in [6, 6.07) is 0. The van der Waals surface area contributed by atoms with Gasteiger partial charge < -0.3 is 24.4 Å². The van der Waals surface area contributed by atoms with E-state index in [-0.39, 0.29) is 47.5 Å². The molecule has 5 rings (SSSR count). The molecule has 0 bridgehead atoms. The predicted octanol–water partition coefficient (Wildman–Crippen LogP) is 5.44. The number of epoxide rings is 1. The summed E-state index contributed by atoms with van der Waals surface area (Å²) in [5.74, 6) is 0.316. The van der Waals surface area contributed by atoms with Crippen LogP contribution in [0, 0.1) is 29.1 Å². The zero-order valence-electron chi connectivity index (χ0n) is 25.8. The van der Waals surface area contributed by atoms with Crippen molar-refractivity contribution >= 4 is 11.9 Å². The third-order valence-electron chi connectivity index (χ3n) is 9.99. The summed E-state index contributed by atoms with van der Waals surface area (Å²) in [4.78, 5) is 24.1. The lowest BCUT2D eigenvalue weighted by Crippen LogP contribution is -2.52. The van der Waals surface area contributed by atoms with Crippen LogP contribution in [0.4, 0.5) is 0 Å². The quantitative estimate of drug-likeness (QED) is 0.263. The minimum absolute atomic E-state index is 0.0105. The van der Waals surface area contributed by atoms with Crippen LogP contribution in [0.25, 0.3) is 0 Å². The minimum atomic E-state index is -0.589. The summed E-state index contributed by atoms with van der Waals surface area (Å²) < 4.78 is 17.4. The highest BCUT2D eigenvalue weighted by Crippen LogP contribution is 2.74. The second kappa shape index (κ2) is 10.4. The summed E-state index contributed by atoms with van der Waals surface area (Å²) in [5, 5.41) is 19.8. The molecule has 2 aliphatic heterocycles. The van der Waals surface area contributed by atoms with E-state index >= 15 is 0 Å². The summed E-state index contributed by atoms with van der Waals surface area (Å²) in [7, 11) is 0. The molecule has 0 amide bonds. The molecule has 224 valence electrons. The van der Waals surface area contributed by atoms with Gasteiger partial charge in [0.25, 0.3) is 0 Å². The van der Waals surface area contributed by atoms with Gasteiger partial charge >= 0.3 is 11.9 Å². The van der Waals surface area contributed by atoms with Crippen molar-refractivity contribution in [3.63, 3.8) is 0 Å². The molecule has 2 spiro atoms. The lowest BCUT2D eigenvalue weighted by atomic mass is 9.67. The molecule has 2 N–H and O–H groups in total. The molecular formula is C33H50O7. The van der Waals surface area contributed by atoms with Crippen molar-refractivity contribution in [1.29, 1.82) is 0 Å². The van der Waals surface area contributed by atoms with E-state index in [1.807, 2.05) is 27.7 Å². The number of ether oxygens (including phenoxy) is 3. The normalized spacial score (nSPS) is 38.3. The number of aliphatic hydroxyl groups excluding tert-OH is 2. The van der Waals surface area contributed by atoms with E-state index in [0.29, 0.717) is 23.8 Å². The fraction of sp³-hybridized carbons (Fsp3) is 0.758. The Balaban J connectivity index is 0.000000185. The summed E-state index contributed by atoms with van der Waals surface area (Å²) in [6.45, 7) is 24.0. The largest absolute Gasteiger partial charge is 0.460 e. The van der Waals surface area contributed by atoms with E-state index in [9.17, 15) is 19.8 Å². The van der Waals surface area contributed by atoms with Gasteiger partial charge in [-0.2, -0.15) is 0 Å². The van der Waals surface area contributed by atoms with Crippen molar-refractivity contribution in [3.8, 4) is 0 Å². The van der Waals surface area contributed by atoms with Gasteiger partial charge in [-0.3, -0.25) is 4.79 Å². The number of esters is 2. The molecule has 40 heavy (non-hydrogen) atoms. The molecule has 3 aliphatic carbocycles. The predicted molar refractivity (Wildman–Crippen MR) is 153 cm³/mol. The molecule has 1 unspecified atom stereocenters. The Morgan fingerprint density at radius 2 is 1.85 bits per heavy atom. The fourth-order valence-electron chi connectivity index (χ4n) is 8.15. The van der Waals surface area contributed by atoms with Crippen LogP contribution < -0.4 is 0 Å². The van der Waals surface area contributed by atoms with Gasteiger partial charge in [-0.05, 0) is 82.1 Å². The molecule has 1 saturated heterocycles. The standard InChI is InChI=1S/C18H30O3.C15H20O4/c1-11(2)17(20)16-12(3)8-9-14(13(16)4)10-15(19)21-18(5,6)7;1-8-4-5-10-9(6-16)11(17)18-14(10)7-13(2,3)12-15(8,14)19-12/h12,14,16-17,20H,1,4,8-10H2,2-3,5-7H3;8,12,16H,4-7H2,1-3H3/t12-,14-,16+,17?;8-,12-,14+,15-/m00/s1. The zero-order chi connectivity index (χ0) is 30.0.